The third kappa shape index (κ3) is 4.06. The van der Waals surface area contributed by atoms with Crippen LogP contribution in [-0.2, 0) is 0 Å². The van der Waals surface area contributed by atoms with Gasteiger partial charge < -0.3 is 5.32 Å². The van der Waals surface area contributed by atoms with Gasteiger partial charge in [-0.25, -0.2) is 0 Å². The smallest absolute Gasteiger partial charge is 0.251 e. The molecule has 0 heterocycles. The standard InChI is InChI=1S/C11H9Br2NO/c1-2-3-4-14-11(15)8-5-9(12)7-10(13)6-8/h1,5-7H,3-4H2,(H,14,15). The highest BCUT2D eigenvalue weighted by molar-refractivity contribution is 9.11. The fraction of sp³-hybridized carbons (Fsp3) is 0.182. The first-order valence-electron chi connectivity index (χ1n) is 4.31. The first-order chi connectivity index (χ1) is 7.13. The number of rotatable bonds is 3. The molecule has 4 heteroatoms. The average molecular weight is 331 g/mol. The Balaban J connectivity index is 2.70. The van der Waals surface area contributed by atoms with Gasteiger partial charge in [-0.1, -0.05) is 31.9 Å². The van der Waals surface area contributed by atoms with Crippen LogP contribution in [0.2, 0.25) is 0 Å². The number of halogens is 2. The number of hydrogen-bond acceptors (Lipinski definition) is 1. The molecular formula is C11H9Br2NO. The lowest BCUT2D eigenvalue weighted by molar-refractivity contribution is 0.0954. The Morgan fingerprint density at radius 2 is 1.93 bits per heavy atom. The first kappa shape index (κ1) is 12.3. The predicted octanol–water partition coefficient (Wildman–Crippen LogP) is 2.96. The maximum Gasteiger partial charge on any atom is 0.251 e. The Bertz CT molecular complexity index is 389. The van der Waals surface area contributed by atoms with Crippen molar-refractivity contribution in [3.05, 3.63) is 32.7 Å². The lowest BCUT2D eigenvalue weighted by Crippen LogP contribution is -2.24. The first-order valence-corrected chi connectivity index (χ1v) is 5.90. The fourth-order valence-electron chi connectivity index (χ4n) is 1.04. The van der Waals surface area contributed by atoms with E-state index in [9.17, 15) is 4.79 Å². The number of carbonyl (C=O) groups excluding carboxylic acids is 1. The van der Waals surface area contributed by atoms with Crippen molar-refractivity contribution in [1.29, 1.82) is 0 Å². The van der Waals surface area contributed by atoms with E-state index in [1.54, 1.807) is 12.1 Å². The summed E-state index contributed by atoms with van der Waals surface area (Å²) in [4.78, 5) is 11.6. The van der Waals surface area contributed by atoms with Crippen LogP contribution in [0.15, 0.2) is 27.1 Å². The summed E-state index contributed by atoms with van der Waals surface area (Å²) in [5.74, 6) is 2.35. The molecular weight excluding hydrogens is 322 g/mol. The normalized spacial score (nSPS) is 9.40. The quantitative estimate of drug-likeness (QED) is 0.670. The maximum atomic E-state index is 11.6. The summed E-state index contributed by atoms with van der Waals surface area (Å²) in [6.07, 6.45) is 5.63. The molecule has 0 bridgehead atoms. The second kappa shape index (κ2) is 5.94. The molecule has 0 fully saturated rings. The van der Waals surface area contributed by atoms with Gasteiger partial charge in [-0.15, -0.1) is 12.3 Å². The Labute approximate surface area is 106 Å². The molecule has 15 heavy (non-hydrogen) atoms. The SMILES string of the molecule is C#CCCNC(=O)c1cc(Br)cc(Br)c1. The molecule has 0 aliphatic heterocycles. The molecule has 0 saturated carbocycles. The van der Waals surface area contributed by atoms with E-state index in [0.29, 0.717) is 18.5 Å². The number of nitrogens with one attached hydrogen (secondary N) is 1. The van der Waals surface area contributed by atoms with Gasteiger partial charge in [0.25, 0.3) is 5.91 Å². The Kier molecular flexibility index (Phi) is 4.86. The molecule has 0 unspecified atom stereocenters. The average Bonchev–Trinajstić information content (AvgIpc) is 2.16. The second-order valence-corrected chi connectivity index (χ2v) is 4.70. The van der Waals surface area contributed by atoms with Gasteiger partial charge in [-0.2, -0.15) is 0 Å². The molecule has 1 N–H and O–H groups in total. The lowest BCUT2D eigenvalue weighted by Gasteiger charge is -2.04. The van der Waals surface area contributed by atoms with Crippen LogP contribution >= 0.6 is 31.9 Å². The van der Waals surface area contributed by atoms with Gasteiger partial charge in [0.15, 0.2) is 0 Å². The molecule has 1 aromatic carbocycles. The van der Waals surface area contributed by atoms with Crippen LogP contribution < -0.4 is 5.32 Å². The molecule has 1 rings (SSSR count). The monoisotopic (exact) mass is 329 g/mol. The van der Waals surface area contributed by atoms with Crippen LogP contribution in [-0.4, -0.2) is 12.5 Å². The van der Waals surface area contributed by atoms with Gasteiger partial charge in [-0.3, -0.25) is 4.79 Å². The minimum atomic E-state index is -0.118. The van der Waals surface area contributed by atoms with E-state index in [1.165, 1.54) is 0 Å². The molecule has 0 aliphatic carbocycles. The number of carbonyl (C=O) groups is 1. The summed E-state index contributed by atoms with van der Waals surface area (Å²) in [5.41, 5.74) is 0.605. The van der Waals surface area contributed by atoms with E-state index in [0.717, 1.165) is 8.95 Å². The minimum Gasteiger partial charge on any atom is -0.351 e. The van der Waals surface area contributed by atoms with Crippen molar-refractivity contribution in [3.8, 4) is 12.3 Å². The summed E-state index contributed by atoms with van der Waals surface area (Å²) >= 11 is 6.64. The van der Waals surface area contributed by atoms with E-state index in [1.807, 2.05) is 6.07 Å². The van der Waals surface area contributed by atoms with Gasteiger partial charge in [0.1, 0.15) is 0 Å². The van der Waals surface area contributed by atoms with Crippen molar-refractivity contribution in [2.24, 2.45) is 0 Å². The molecule has 1 aromatic rings. The Morgan fingerprint density at radius 3 is 2.47 bits per heavy atom. The highest BCUT2D eigenvalue weighted by Gasteiger charge is 2.06. The summed E-state index contributed by atoms with van der Waals surface area (Å²) in [6.45, 7) is 0.499. The zero-order chi connectivity index (χ0) is 11.3. The predicted molar refractivity (Wildman–Crippen MR) is 67.6 cm³/mol. The summed E-state index contributed by atoms with van der Waals surface area (Å²) in [7, 11) is 0. The number of benzene rings is 1. The van der Waals surface area contributed by atoms with Crippen LogP contribution in [0.1, 0.15) is 16.8 Å². The molecule has 2 nitrogen and oxygen atoms in total. The van der Waals surface area contributed by atoms with Crippen molar-refractivity contribution < 1.29 is 4.79 Å². The van der Waals surface area contributed by atoms with Gasteiger partial charge in [0.05, 0.1) is 0 Å². The van der Waals surface area contributed by atoms with E-state index in [-0.39, 0.29) is 5.91 Å². The van der Waals surface area contributed by atoms with Gasteiger partial charge in [-0.05, 0) is 18.2 Å². The van der Waals surface area contributed by atoms with Crippen LogP contribution in [0.5, 0.6) is 0 Å². The summed E-state index contributed by atoms with van der Waals surface area (Å²) in [5, 5.41) is 2.73. The summed E-state index contributed by atoms with van der Waals surface area (Å²) in [6, 6.07) is 5.39. The molecule has 0 aliphatic rings. The van der Waals surface area contributed by atoms with Crippen molar-refractivity contribution in [2.75, 3.05) is 6.54 Å². The lowest BCUT2D eigenvalue weighted by atomic mass is 10.2. The molecule has 0 radical (unpaired) electrons. The van der Waals surface area contributed by atoms with Crippen LogP contribution in [0.25, 0.3) is 0 Å². The van der Waals surface area contributed by atoms with Gasteiger partial charge in [0, 0.05) is 27.5 Å². The molecule has 0 spiro atoms. The third-order valence-corrected chi connectivity index (χ3v) is 2.60. The highest BCUT2D eigenvalue weighted by Crippen LogP contribution is 2.19. The number of amides is 1. The topological polar surface area (TPSA) is 29.1 Å². The van der Waals surface area contributed by atoms with Crippen molar-refractivity contribution >= 4 is 37.8 Å². The largest absolute Gasteiger partial charge is 0.351 e. The van der Waals surface area contributed by atoms with Crippen LogP contribution in [0, 0.1) is 12.3 Å². The number of hydrogen-bond donors (Lipinski definition) is 1. The molecule has 0 aromatic heterocycles. The molecule has 78 valence electrons. The number of terminal acetylenes is 1. The Hall–Kier alpha value is -0.790. The van der Waals surface area contributed by atoms with E-state index < -0.39 is 0 Å². The van der Waals surface area contributed by atoms with E-state index in [4.69, 9.17) is 6.42 Å². The third-order valence-electron chi connectivity index (χ3n) is 1.68. The van der Waals surface area contributed by atoms with Crippen molar-refractivity contribution in [1.82, 2.24) is 5.32 Å². The summed E-state index contributed by atoms with van der Waals surface area (Å²) < 4.78 is 1.72. The maximum absolute atomic E-state index is 11.6. The second-order valence-electron chi connectivity index (χ2n) is 2.87. The highest BCUT2D eigenvalue weighted by atomic mass is 79.9. The fourth-order valence-corrected chi connectivity index (χ4v) is 2.33. The minimum absolute atomic E-state index is 0.118. The van der Waals surface area contributed by atoms with Gasteiger partial charge in [0.2, 0.25) is 0 Å². The van der Waals surface area contributed by atoms with Crippen molar-refractivity contribution in [2.45, 2.75) is 6.42 Å². The molecule has 0 atom stereocenters. The van der Waals surface area contributed by atoms with Crippen LogP contribution in [0.3, 0.4) is 0 Å². The molecule has 0 saturated heterocycles. The van der Waals surface area contributed by atoms with Gasteiger partial charge >= 0.3 is 0 Å². The zero-order valence-corrected chi connectivity index (χ0v) is 11.1. The van der Waals surface area contributed by atoms with E-state index >= 15 is 0 Å². The zero-order valence-electron chi connectivity index (χ0n) is 7.89. The Morgan fingerprint density at radius 1 is 1.33 bits per heavy atom. The van der Waals surface area contributed by atoms with Crippen molar-refractivity contribution in [3.63, 3.8) is 0 Å². The molecule has 1 amide bonds. The van der Waals surface area contributed by atoms with E-state index in [2.05, 4.69) is 43.1 Å². The van der Waals surface area contributed by atoms with Crippen LogP contribution in [0.4, 0.5) is 0 Å².